The normalized spacial score (nSPS) is 13.9. The number of hydrogen-bond acceptors (Lipinski definition) is 7. The minimum Gasteiger partial charge on any atom is -0.490 e. The highest BCUT2D eigenvalue weighted by Crippen LogP contribution is 2.38. The van der Waals surface area contributed by atoms with Crippen molar-refractivity contribution in [2.45, 2.75) is 13.5 Å². The molecule has 0 radical (unpaired) electrons. The number of nitro benzene ring substituents is 1. The molecule has 0 unspecified atom stereocenters. The number of aliphatic imine (C=N–C) groups is 1. The van der Waals surface area contributed by atoms with Gasteiger partial charge in [0.1, 0.15) is 6.61 Å². The van der Waals surface area contributed by atoms with Gasteiger partial charge in [-0.1, -0.05) is 23.2 Å². The van der Waals surface area contributed by atoms with E-state index in [0.717, 1.165) is 9.13 Å². The first-order chi connectivity index (χ1) is 17.2. The molecule has 11 heteroatoms. The first-order valence-corrected chi connectivity index (χ1v) is 12.4. The number of ether oxygens (including phenoxy) is 3. The molecule has 0 spiro atoms. The Balaban J connectivity index is 1.60. The number of halogens is 3. The van der Waals surface area contributed by atoms with E-state index in [9.17, 15) is 14.9 Å². The number of esters is 1. The second-order valence-corrected chi connectivity index (χ2v) is 9.50. The molecule has 3 aromatic rings. The van der Waals surface area contributed by atoms with Crippen LogP contribution in [0.15, 0.2) is 65.3 Å². The van der Waals surface area contributed by atoms with E-state index in [1.54, 1.807) is 36.4 Å². The third-order valence-electron chi connectivity index (χ3n) is 4.94. The summed E-state index contributed by atoms with van der Waals surface area (Å²) in [6, 6.07) is 14.6. The minimum absolute atomic E-state index is 0.00953. The first-order valence-electron chi connectivity index (χ1n) is 10.6. The predicted octanol–water partition coefficient (Wildman–Crippen LogP) is 6.83. The summed E-state index contributed by atoms with van der Waals surface area (Å²) in [4.78, 5) is 27.2. The van der Waals surface area contributed by atoms with Crippen LogP contribution in [0.25, 0.3) is 6.08 Å². The average molecular weight is 639 g/mol. The predicted molar refractivity (Wildman–Crippen MR) is 145 cm³/mol. The van der Waals surface area contributed by atoms with Crippen LogP contribution in [0.3, 0.4) is 0 Å². The van der Waals surface area contributed by atoms with Gasteiger partial charge in [-0.3, -0.25) is 10.1 Å². The van der Waals surface area contributed by atoms with Crippen LogP contribution in [-0.4, -0.2) is 23.4 Å². The van der Waals surface area contributed by atoms with Crippen molar-refractivity contribution in [3.8, 4) is 11.5 Å². The Hall–Kier alpha value is -3.15. The Bertz CT molecular complexity index is 1410. The molecule has 0 atom stereocenters. The van der Waals surface area contributed by atoms with E-state index in [1.165, 1.54) is 18.2 Å². The summed E-state index contributed by atoms with van der Waals surface area (Å²) in [5.41, 5.74) is 1.86. The summed E-state index contributed by atoms with van der Waals surface area (Å²) >= 11 is 14.9. The van der Waals surface area contributed by atoms with Gasteiger partial charge in [0.2, 0.25) is 5.90 Å². The largest absolute Gasteiger partial charge is 0.490 e. The van der Waals surface area contributed by atoms with Crippen molar-refractivity contribution in [2.75, 3.05) is 6.61 Å². The Kier molecular flexibility index (Phi) is 8.12. The van der Waals surface area contributed by atoms with Crippen LogP contribution in [0.5, 0.6) is 11.5 Å². The zero-order chi connectivity index (χ0) is 25.8. The summed E-state index contributed by atoms with van der Waals surface area (Å²) in [6.45, 7) is 2.28. The summed E-state index contributed by atoms with van der Waals surface area (Å²) in [7, 11) is 0. The fraction of sp³-hybridized carbons (Fsp3) is 0.120. The molecule has 1 aliphatic rings. The molecule has 0 aliphatic carbocycles. The highest BCUT2D eigenvalue weighted by molar-refractivity contribution is 14.1. The lowest BCUT2D eigenvalue weighted by Crippen LogP contribution is -2.06. The molecule has 0 fully saturated rings. The Morgan fingerprint density at radius 1 is 1.08 bits per heavy atom. The SMILES string of the molecule is CCOc1cc(/C=C2\N=C(c3cc(I)ccc3Cl)OC2=O)cc(Cl)c1OCc1ccc([N+](=O)[O-])cc1. The number of cyclic esters (lactones) is 1. The number of non-ortho nitro benzene ring substituents is 1. The first kappa shape index (κ1) is 25.9. The maximum atomic E-state index is 12.5. The molecule has 8 nitrogen and oxygen atoms in total. The van der Waals surface area contributed by atoms with Gasteiger partial charge in [0, 0.05) is 15.7 Å². The fourth-order valence-corrected chi connectivity index (χ4v) is 4.25. The number of hydrogen-bond donors (Lipinski definition) is 0. The number of nitrogens with zero attached hydrogens (tertiary/aromatic N) is 2. The summed E-state index contributed by atoms with van der Waals surface area (Å²) < 4.78 is 17.8. The maximum absolute atomic E-state index is 12.5. The highest BCUT2D eigenvalue weighted by atomic mass is 127. The Morgan fingerprint density at radius 3 is 2.53 bits per heavy atom. The Labute approximate surface area is 229 Å². The number of carbonyl (C=O) groups excluding carboxylic acids is 1. The topological polar surface area (TPSA) is 100 Å². The fourth-order valence-electron chi connectivity index (χ4n) is 3.29. The van der Waals surface area contributed by atoms with Crippen molar-refractivity contribution < 1.29 is 23.9 Å². The molecule has 1 heterocycles. The third kappa shape index (κ3) is 5.97. The summed E-state index contributed by atoms with van der Waals surface area (Å²) in [5.74, 6) is 0.180. The van der Waals surface area contributed by atoms with Gasteiger partial charge in [0.15, 0.2) is 17.2 Å². The second kappa shape index (κ2) is 11.3. The van der Waals surface area contributed by atoms with Gasteiger partial charge in [-0.15, -0.1) is 0 Å². The molecule has 0 bridgehead atoms. The van der Waals surface area contributed by atoms with Crippen molar-refractivity contribution in [2.24, 2.45) is 4.99 Å². The van der Waals surface area contributed by atoms with E-state index in [4.69, 9.17) is 37.4 Å². The zero-order valence-corrected chi connectivity index (χ0v) is 22.3. The third-order valence-corrected chi connectivity index (χ3v) is 6.23. The van der Waals surface area contributed by atoms with Crippen LogP contribution in [0, 0.1) is 13.7 Å². The van der Waals surface area contributed by atoms with Gasteiger partial charge in [0.05, 0.1) is 27.1 Å². The molecular weight excluding hydrogens is 622 g/mol. The molecule has 0 amide bonds. The average Bonchev–Trinajstić information content (AvgIpc) is 3.20. The molecule has 1 aliphatic heterocycles. The van der Waals surface area contributed by atoms with Crippen LogP contribution >= 0.6 is 45.8 Å². The lowest BCUT2D eigenvalue weighted by Gasteiger charge is -2.14. The summed E-state index contributed by atoms with van der Waals surface area (Å²) in [6.07, 6.45) is 1.53. The highest BCUT2D eigenvalue weighted by Gasteiger charge is 2.26. The quantitative estimate of drug-likeness (QED) is 0.0882. The van der Waals surface area contributed by atoms with Crippen molar-refractivity contribution in [1.29, 1.82) is 0 Å². The zero-order valence-electron chi connectivity index (χ0n) is 18.7. The summed E-state index contributed by atoms with van der Waals surface area (Å²) in [5, 5.41) is 11.5. The van der Waals surface area contributed by atoms with Gasteiger partial charge in [-0.25, -0.2) is 9.79 Å². The monoisotopic (exact) mass is 638 g/mol. The molecule has 4 rings (SSSR count). The number of rotatable bonds is 8. The molecule has 0 saturated carbocycles. The number of carbonyl (C=O) groups is 1. The van der Waals surface area contributed by atoms with Crippen LogP contribution in [-0.2, 0) is 16.1 Å². The van der Waals surface area contributed by atoms with Crippen LogP contribution < -0.4 is 9.47 Å². The van der Waals surface area contributed by atoms with Crippen molar-refractivity contribution >= 4 is 69.4 Å². The molecule has 184 valence electrons. The van der Waals surface area contributed by atoms with E-state index in [0.29, 0.717) is 34.3 Å². The number of nitro groups is 1. The maximum Gasteiger partial charge on any atom is 0.363 e. The van der Waals surface area contributed by atoms with Crippen LogP contribution in [0.1, 0.15) is 23.6 Å². The lowest BCUT2D eigenvalue weighted by molar-refractivity contribution is -0.384. The molecule has 0 saturated heterocycles. The van der Waals surface area contributed by atoms with Gasteiger partial charge in [0.25, 0.3) is 5.69 Å². The molecule has 0 N–H and O–H groups in total. The van der Waals surface area contributed by atoms with Crippen molar-refractivity contribution in [3.05, 3.63) is 101 Å². The van der Waals surface area contributed by atoms with Gasteiger partial charge < -0.3 is 14.2 Å². The van der Waals surface area contributed by atoms with Crippen molar-refractivity contribution in [3.63, 3.8) is 0 Å². The number of benzene rings is 3. The molecule has 36 heavy (non-hydrogen) atoms. The molecular formula is C25H17Cl2IN2O6. The van der Waals surface area contributed by atoms with Gasteiger partial charge >= 0.3 is 5.97 Å². The van der Waals surface area contributed by atoms with Crippen molar-refractivity contribution in [1.82, 2.24) is 0 Å². The minimum atomic E-state index is -0.618. The van der Waals surface area contributed by atoms with E-state index < -0.39 is 10.9 Å². The van der Waals surface area contributed by atoms with E-state index in [-0.39, 0.29) is 28.9 Å². The molecule has 3 aromatic carbocycles. The van der Waals surface area contributed by atoms with E-state index in [1.807, 2.05) is 13.0 Å². The van der Waals surface area contributed by atoms with Crippen LogP contribution in [0.2, 0.25) is 10.0 Å². The van der Waals surface area contributed by atoms with E-state index >= 15 is 0 Å². The van der Waals surface area contributed by atoms with Crippen LogP contribution in [0.4, 0.5) is 5.69 Å². The van der Waals surface area contributed by atoms with Gasteiger partial charge in [-0.05, 0) is 89.2 Å². The Morgan fingerprint density at radius 2 is 1.83 bits per heavy atom. The standard InChI is InChI=1S/C25H17Cl2IN2O6/c1-2-34-22-11-15(9-20(27)23(22)35-13-14-3-6-17(7-4-14)30(32)33)10-21-25(31)36-24(29-21)18-12-16(28)5-8-19(18)26/h3-12H,2,13H2,1H3/b21-10-. The van der Waals surface area contributed by atoms with Gasteiger partial charge in [-0.2, -0.15) is 0 Å². The second-order valence-electron chi connectivity index (χ2n) is 7.44. The molecule has 0 aromatic heterocycles. The van der Waals surface area contributed by atoms with E-state index in [2.05, 4.69) is 27.6 Å². The smallest absolute Gasteiger partial charge is 0.363 e. The lowest BCUT2D eigenvalue weighted by atomic mass is 10.1.